The third-order valence-electron chi connectivity index (χ3n) is 6.92. The molecule has 2 aliphatic rings. The maximum absolute atomic E-state index is 12.8. The van der Waals surface area contributed by atoms with Crippen LogP contribution < -0.4 is 15.4 Å². The Labute approximate surface area is 230 Å². The lowest BCUT2D eigenvalue weighted by Gasteiger charge is -2.27. The fraction of sp³-hybridized carbons (Fsp3) is 0.310. The number of hydrogen-bond donors (Lipinski definition) is 2. The van der Waals surface area contributed by atoms with Gasteiger partial charge in [-0.05, 0) is 61.7 Å². The topological polar surface area (TPSA) is 102 Å². The maximum atomic E-state index is 12.8. The summed E-state index contributed by atoms with van der Waals surface area (Å²) in [6, 6.07) is 10.2. The van der Waals surface area contributed by atoms with Gasteiger partial charge in [0.05, 0.1) is 37.4 Å². The van der Waals surface area contributed by atoms with Gasteiger partial charge in [0.1, 0.15) is 28.5 Å². The van der Waals surface area contributed by atoms with E-state index in [4.69, 9.17) is 9.47 Å². The average molecular weight is 543 g/mol. The van der Waals surface area contributed by atoms with Gasteiger partial charge in [-0.15, -0.1) is 11.3 Å². The zero-order valence-corrected chi connectivity index (χ0v) is 22.8. The van der Waals surface area contributed by atoms with Crippen molar-refractivity contribution in [2.45, 2.75) is 32.9 Å². The number of ether oxygens (including phenoxy) is 2. The zero-order valence-electron chi connectivity index (χ0n) is 21.9. The Morgan fingerprint density at radius 1 is 1.21 bits per heavy atom. The van der Waals surface area contributed by atoms with Crippen molar-refractivity contribution in [2.75, 3.05) is 31.6 Å². The Kier molecular flexibility index (Phi) is 7.23. The second kappa shape index (κ2) is 11.1. The lowest BCUT2D eigenvalue weighted by Crippen LogP contribution is -2.45. The molecule has 0 atom stereocenters. The summed E-state index contributed by atoms with van der Waals surface area (Å²) in [5.41, 5.74) is 4.09. The minimum atomic E-state index is 0.0356. The van der Waals surface area contributed by atoms with Crippen molar-refractivity contribution in [3.8, 4) is 11.5 Å². The first-order valence-corrected chi connectivity index (χ1v) is 13.8. The number of amides is 1. The van der Waals surface area contributed by atoms with E-state index in [0.717, 1.165) is 63.2 Å². The number of thiophene rings is 1. The second-order valence-electron chi connectivity index (χ2n) is 9.80. The Bertz CT molecular complexity index is 1530. The number of benzene rings is 1. The quantitative estimate of drug-likeness (QED) is 0.310. The number of aryl methyl sites for hydroxylation is 2. The molecule has 2 aliphatic heterocycles. The van der Waals surface area contributed by atoms with Crippen LogP contribution in [0.2, 0.25) is 0 Å². The predicted molar refractivity (Wildman–Crippen MR) is 152 cm³/mol. The molecule has 1 aromatic carbocycles. The van der Waals surface area contributed by atoms with E-state index in [1.807, 2.05) is 55.2 Å². The van der Waals surface area contributed by atoms with E-state index in [1.165, 1.54) is 5.56 Å². The Hall–Kier alpha value is -3.86. The Morgan fingerprint density at radius 2 is 2.10 bits per heavy atom. The summed E-state index contributed by atoms with van der Waals surface area (Å²) >= 11 is 1.64. The number of pyridine rings is 1. The van der Waals surface area contributed by atoms with Crippen LogP contribution in [0.4, 0.5) is 11.5 Å². The van der Waals surface area contributed by atoms with Crippen LogP contribution in [0, 0.1) is 13.8 Å². The minimum absolute atomic E-state index is 0.0356. The molecule has 0 unspecified atom stereocenters. The molecule has 0 saturated carbocycles. The highest BCUT2D eigenvalue weighted by Gasteiger charge is 2.25. The number of carbonyl (C=O) groups is 1. The molecule has 9 nitrogen and oxygen atoms in total. The molecule has 3 aromatic heterocycles. The first kappa shape index (κ1) is 25.4. The molecule has 1 amide bonds. The molecule has 5 heterocycles. The number of fused-ring (bicyclic) bond motifs is 3. The molecule has 6 rings (SSSR count). The summed E-state index contributed by atoms with van der Waals surface area (Å²) in [6.45, 7) is 7.37. The third-order valence-corrected chi connectivity index (χ3v) is 8.05. The highest BCUT2D eigenvalue weighted by molar-refractivity contribution is 7.19. The van der Waals surface area contributed by atoms with Crippen molar-refractivity contribution in [1.29, 1.82) is 0 Å². The Balaban J connectivity index is 1.15. The highest BCUT2D eigenvalue weighted by Crippen LogP contribution is 2.38. The normalized spacial score (nSPS) is 15.4. The van der Waals surface area contributed by atoms with Crippen molar-refractivity contribution in [3.05, 3.63) is 76.7 Å². The average Bonchev–Trinajstić information content (AvgIpc) is 3.29. The number of hydrogen-bond acceptors (Lipinski definition) is 9. The molecule has 2 N–H and O–H groups in total. The summed E-state index contributed by atoms with van der Waals surface area (Å²) in [5.74, 6) is 2.29. The largest absolute Gasteiger partial charge is 0.455 e. The van der Waals surface area contributed by atoms with Gasteiger partial charge in [-0.25, -0.2) is 9.97 Å². The standard InChI is InChI=1S/C29H30N6O3S/c1-18-12-20(6-8-24(18)38-22-7-5-19(2)31-13-22)34-28-27-23-9-11-35(14-25(23)39-29(27)33-17-32-28)26(36)4-3-10-30-21-15-37-16-21/h3-8,12-13,17,21,30H,9-11,14-16H2,1-2H3,(H,32,33,34)/b4-3+. The predicted octanol–water partition coefficient (Wildman–Crippen LogP) is 4.67. The van der Waals surface area contributed by atoms with Gasteiger partial charge in [0, 0.05) is 35.4 Å². The molecule has 4 aromatic rings. The second-order valence-corrected chi connectivity index (χ2v) is 10.9. The summed E-state index contributed by atoms with van der Waals surface area (Å²) in [5, 5.41) is 7.87. The first-order chi connectivity index (χ1) is 19.0. The summed E-state index contributed by atoms with van der Waals surface area (Å²) in [6.07, 6.45) is 7.65. The molecule has 1 fully saturated rings. The van der Waals surface area contributed by atoms with E-state index < -0.39 is 0 Å². The molecular weight excluding hydrogens is 512 g/mol. The summed E-state index contributed by atoms with van der Waals surface area (Å²) in [4.78, 5) is 30.2. The highest BCUT2D eigenvalue weighted by atomic mass is 32.1. The zero-order chi connectivity index (χ0) is 26.8. The maximum Gasteiger partial charge on any atom is 0.246 e. The summed E-state index contributed by atoms with van der Waals surface area (Å²) in [7, 11) is 0. The molecule has 0 radical (unpaired) electrons. The van der Waals surface area contributed by atoms with E-state index in [0.29, 0.717) is 31.4 Å². The Morgan fingerprint density at radius 3 is 2.87 bits per heavy atom. The van der Waals surface area contributed by atoms with E-state index in [1.54, 1.807) is 29.9 Å². The molecule has 39 heavy (non-hydrogen) atoms. The van der Waals surface area contributed by atoms with Gasteiger partial charge in [0.25, 0.3) is 0 Å². The lowest BCUT2D eigenvalue weighted by atomic mass is 10.0. The lowest BCUT2D eigenvalue weighted by molar-refractivity contribution is -0.126. The molecule has 0 spiro atoms. The van der Waals surface area contributed by atoms with E-state index in [2.05, 4.69) is 25.6 Å². The van der Waals surface area contributed by atoms with Gasteiger partial charge in [0.15, 0.2) is 0 Å². The van der Waals surface area contributed by atoms with Crippen LogP contribution in [0.15, 0.2) is 55.0 Å². The number of aromatic nitrogens is 3. The number of rotatable bonds is 8. The summed E-state index contributed by atoms with van der Waals surface area (Å²) < 4.78 is 11.2. The smallest absolute Gasteiger partial charge is 0.246 e. The molecule has 1 saturated heterocycles. The van der Waals surface area contributed by atoms with Crippen molar-refractivity contribution < 1.29 is 14.3 Å². The van der Waals surface area contributed by atoms with Crippen LogP contribution in [-0.4, -0.2) is 58.1 Å². The van der Waals surface area contributed by atoms with Gasteiger partial charge in [-0.1, -0.05) is 6.08 Å². The number of anilines is 2. The van der Waals surface area contributed by atoms with Gasteiger partial charge >= 0.3 is 0 Å². The van der Waals surface area contributed by atoms with Gasteiger partial charge in [0.2, 0.25) is 5.91 Å². The third kappa shape index (κ3) is 5.63. The SMILES string of the molecule is Cc1ccc(Oc2ccc(Nc3ncnc4sc5c(c34)CCN(C(=O)/C=C/CNC3COC3)C5)cc2C)cn1. The fourth-order valence-corrected chi connectivity index (χ4v) is 5.89. The van der Waals surface area contributed by atoms with Crippen LogP contribution in [-0.2, 0) is 22.5 Å². The molecular formula is C29H30N6O3S. The van der Waals surface area contributed by atoms with E-state index >= 15 is 0 Å². The van der Waals surface area contributed by atoms with Gasteiger partial charge in [-0.3, -0.25) is 9.78 Å². The van der Waals surface area contributed by atoms with E-state index in [-0.39, 0.29) is 5.91 Å². The number of nitrogens with zero attached hydrogens (tertiary/aromatic N) is 4. The molecule has 10 heteroatoms. The van der Waals surface area contributed by atoms with Crippen LogP contribution in [0.5, 0.6) is 11.5 Å². The fourth-order valence-electron chi connectivity index (χ4n) is 4.68. The number of nitrogens with one attached hydrogen (secondary N) is 2. The van der Waals surface area contributed by atoms with Crippen molar-refractivity contribution >= 4 is 39.0 Å². The minimum Gasteiger partial charge on any atom is -0.455 e. The van der Waals surface area contributed by atoms with Gasteiger partial charge < -0.3 is 25.0 Å². The van der Waals surface area contributed by atoms with Crippen LogP contribution in [0.3, 0.4) is 0 Å². The molecule has 200 valence electrons. The molecule has 0 aliphatic carbocycles. The van der Waals surface area contributed by atoms with Gasteiger partial charge in [-0.2, -0.15) is 0 Å². The van der Waals surface area contributed by atoms with Crippen LogP contribution in [0.25, 0.3) is 10.2 Å². The van der Waals surface area contributed by atoms with Crippen molar-refractivity contribution in [3.63, 3.8) is 0 Å². The molecule has 0 bridgehead atoms. The van der Waals surface area contributed by atoms with Crippen molar-refractivity contribution in [2.24, 2.45) is 0 Å². The first-order valence-electron chi connectivity index (χ1n) is 13.0. The monoisotopic (exact) mass is 542 g/mol. The van der Waals surface area contributed by atoms with Crippen molar-refractivity contribution in [1.82, 2.24) is 25.2 Å². The van der Waals surface area contributed by atoms with E-state index in [9.17, 15) is 4.79 Å². The number of carbonyl (C=O) groups excluding carboxylic acids is 1. The van der Waals surface area contributed by atoms with Crippen LogP contribution in [0.1, 0.15) is 21.7 Å². The van der Waals surface area contributed by atoms with Crippen LogP contribution >= 0.6 is 11.3 Å².